The molecule has 5 aromatic carbocycles. The highest BCUT2D eigenvalue weighted by molar-refractivity contribution is 5.94. The SMILES string of the molecule is CN[C@@H](C)C(=O)Nc1cc(COc2cc(N[C@H](O)C3Cc4ccccc4N3C=O)c(C)cc2OC)cc(COc2cc(NCC3Cc4ccccc4N3C)c(C=O)cc2OC)c1. The number of aliphatic hydroxyl groups is 1. The summed E-state index contributed by atoms with van der Waals surface area (Å²) in [5, 5.41) is 24.0. The van der Waals surface area contributed by atoms with Gasteiger partial charge in [-0.25, -0.2) is 0 Å². The Balaban J connectivity index is 1.09. The number of methoxy groups -OCH3 is 2. The number of nitrogens with one attached hydrogen (secondary N) is 4. The lowest BCUT2D eigenvalue weighted by atomic mass is 10.1. The molecule has 62 heavy (non-hydrogen) atoms. The quantitative estimate of drug-likeness (QED) is 0.0466. The number of hydrogen-bond acceptors (Lipinski definition) is 12. The van der Waals surface area contributed by atoms with Crippen LogP contribution in [0.25, 0.3) is 0 Å². The minimum atomic E-state index is -1.08. The number of carbonyl (C=O) groups is 3. The zero-order chi connectivity index (χ0) is 43.9. The summed E-state index contributed by atoms with van der Waals surface area (Å²) in [5.74, 6) is 1.52. The van der Waals surface area contributed by atoms with E-state index in [1.165, 1.54) is 18.4 Å². The van der Waals surface area contributed by atoms with Gasteiger partial charge in [0.1, 0.15) is 19.4 Å². The van der Waals surface area contributed by atoms with Crippen LogP contribution in [0, 0.1) is 6.92 Å². The monoisotopic (exact) mass is 842 g/mol. The number of aryl methyl sites for hydroxylation is 1. The Labute approximate surface area is 362 Å². The van der Waals surface area contributed by atoms with Gasteiger partial charge in [0, 0.05) is 59.7 Å². The molecule has 2 unspecified atom stereocenters. The minimum absolute atomic E-state index is 0.0848. The number of benzene rings is 5. The predicted molar refractivity (Wildman–Crippen MR) is 241 cm³/mol. The fourth-order valence-corrected chi connectivity index (χ4v) is 8.04. The Morgan fingerprint density at radius 1 is 0.823 bits per heavy atom. The number of para-hydroxylation sites is 2. The summed E-state index contributed by atoms with van der Waals surface area (Å²) in [6.45, 7) is 4.44. The fourth-order valence-electron chi connectivity index (χ4n) is 8.04. The molecule has 324 valence electrons. The molecule has 2 heterocycles. The van der Waals surface area contributed by atoms with E-state index in [0.29, 0.717) is 58.6 Å². The highest BCUT2D eigenvalue weighted by Gasteiger charge is 2.34. The molecule has 0 saturated carbocycles. The first kappa shape index (κ1) is 43.3. The van der Waals surface area contributed by atoms with Crippen molar-refractivity contribution in [1.82, 2.24) is 5.32 Å². The number of anilines is 5. The van der Waals surface area contributed by atoms with Crippen LogP contribution in [-0.2, 0) is 35.6 Å². The summed E-state index contributed by atoms with van der Waals surface area (Å²) >= 11 is 0. The highest BCUT2D eigenvalue weighted by Crippen LogP contribution is 2.38. The molecular weight excluding hydrogens is 789 g/mol. The molecule has 2 aliphatic heterocycles. The maximum atomic E-state index is 13.0. The van der Waals surface area contributed by atoms with Gasteiger partial charge in [-0.3, -0.25) is 14.4 Å². The molecule has 0 aliphatic carbocycles. The zero-order valence-electron chi connectivity index (χ0n) is 35.9. The molecule has 0 spiro atoms. The van der Waals surface area contributed by atoms with Crippen molar-refractivity contribution < 1.29 is 38.4 Å². The molecule has 2 amide bonds. The van der Waals surface area contributed by atoms with Crippen LogP contribution in [0.1, 0.15) is 45.1 Å². The molecule has 7 rings (SSSR count). The number of nitrogens with zero attached hydrogens (tertiary/aromatic N) is 2. The summed E-state index contributed by atoms with van der Waals surface area (Å²) in [7, 11) is 6.87. The number of fused-ring (bicyclic) bond motifs is 2. The summed E-state index contributed by atoms with van der Waals surface area (Å²) in [4.78, 5) is 41.2. The van der Waals surface area contributed by atoms with Crippen LogP contribution >= 0.6 is 0 Å². The van der Waals surface area contributed by atoms with E-state index in [-0.39, 0.29) is 25.2 Å². The first-order valence-corrected chi connectivity index (χ1v) is 20.6. The van der Waals surface area contributed by atoms with E-state index in [4.69, 9.17) is 18.9 Å². The maximum absolute atomic E-state index is 13.0. The molecule has 2 aliphatic rings. The van der Waals surface area contributed by atoms with Crippen molar-refractivity contribution in [3.8, 4) is 23.0 Å². The molecule has 0 fully saturated rings. The van der Waals surface area contributed by atoms with Crippen molar-refractivity contribution in [2.45, 2.75) is 64.3 Å². The van der Waals surface area contributed by atoms with Crippen LogP contribution in [-0.4, -0.2) is 82.9 Å². The second-order valence-corrected chi connectivity index (χ2v) is 15.6. The van der Waals surface area contributed by atoms with Crippen LogP contribution in [0.4, 0.5) is 28.4 Å². The second kappa shape index (κ2) is 19.3. The van der Waals surface area contributed by atoms with Gasteiger partial charge in [0.25, 0.3) is 0 Å². The third-order valence-electron chi connectivity index (χ3n) is 11.6. The van der Waals surface area contributed by atoms with E-state index < -0.39 is 18.3 Å². The maximum Gasteiger partial charge on any atom is 0.241 e. The van der Waals surface area contributed by atoms with E-state index >= 15 is 0 Å². The van der Waals surface area contributed by atoms with Crippen LogP contribution in [0.2, 0.25) is 0 Å². The number of likely N-dealkylation sites (N-methyl/N-ethyl adjacent to an activating group) is 2. The van der Waals surface area contributed by atoms with E-state index in [9.17, 15) is 19.5 Å². The van der Waals surface area contributed by atoms with Gasteiger partial charge in [-0.15, -0.1) is 0 Å². The summed E-state index contributed by atoms with van der Waals surface area (Å²) in [6.07, 6.45) is 1.85. The molecule has 5 N–H and O–H groups in total. The molecule has 0 aromatic heterocycles. The van der Waals surface area contributed by atoms with Gasteiger partial charge in [-0.05, 0) is 104 Å². The Bertz CT molecular complexity index is 2430. The number of ether oxygens (including phenoxy) is 4. The molecule has 14 nitrogen and oxygen atoms in total. The van der Waals surface area contributed by atoms with Gasteiger partial charge >= 0.3 is 0 Å². The summed E-state index contributed by atoms with van der Waals surface area (Å²) in [5.41, 5.74) is 8.73. The van der Waals surface area contributed by atoms with E-state index in [0.717, 1.165) is 47.1 Å². The lowest BCUT2D eigenvalue weighted by Gasteiger charge is -2.28. The lowest BCUT2D eigenvalue weighted by molar-refractivity contribution is -0.117. The lowest BCUT2D eigenvalue weighted by Crippen LogP contribution is -2.44. The Morgan fingerprint density at radius 2 is 1.44 bits per heavy atom. The van der Waals surface area contributed by atoms with Crippen molar-refractivity contribution in [2.75, 3.05) is 60.6 Å². The summed E-state index contributed by atoms with van der Waals surface area (Å²) in [6, 6.07) is 27.8. The fraction of sp³-hybridized carbons (Fsp3) is 0.312. The molecule has 14 heteroatoms. The van der Waals surface area contributed by atoms with Crippen LogP contribution < -0.4 is 50.0 Å². The molecular formula is C48H54N6O8. The van der Waals surface area contributed by atoms with Crippen molar-refractivity contribution in [2.24, 2.45) is 0 Å². The molecule has 4 atom stereocenters. The Morgan fingerprint density at radius 3 is 2.05 bits per heavy atom. The smallest absolute Gasteiger partial charge is 0.241 e. The number of amides is 2. The van der Waals surface area contributed by atoms with Crippen LogP contribution in [0.3, 0.4) is 0 Å². The van der Waals surface area contributed by atoms with Gasteiger partial charge < -0.3 is 55.1 Å². The van der Waals surface area contributed by atoms with E-state index in [2.05, 4.69) is 45.3 Å². The second-order valence-electron chi connectivity index (χ2n) is 15.6. The Hall–Kier alpha value is -6.77. The van der Waals surface area contributed by atoms with Gasteiger partial charge in [0.2, 0.25) is 12.3 Å². The number of hydrogen-bond donors (Lipinski definition) is 5. The number of carbonyl (C=O) groups excluding carboxylic acids is 3. The normalized spacial score (nSPS) is 16.1. The number of aliphatic hydroxyl groups excluding tert-OH is 1. The minimum Gasteiger partial charge on any atom is -0.493 e. The van der Waals surface area contributed by atoms with Crippen LogP contribution in [0.15, 0.2) is 91.0 Å². The molecule has 5 aromatic rings. The summed E-state index contributed by atoms with van der Waals surface area (Å²) < 4.78 is 24.1. The third kappa shape index (κ3) is 9.41. The van der Waals surface area contributed by atoms with Gasteiger partial charge in [0.05, 0.1) is 32.3 Å². The standard InChI is InChI=1S/C48H54N6O8/c1-29-15-43(59-5)45(22-38(29)52-48(58)42-20-34-12-8-10-14-41(34)54(42)28-56)61-26-31-16-32(18-36(17-31)51-47(57)30(2)49-3)27-62-46-23-39(35(25-55)21-44(46)60-6)50-24-37-19-33-11-7-9-13-40(33)53(37)4/h7-18,21-23,25,28,30,37,42,48-50,52,58H,19-20,24,26-27H2,1-6H3,(H,51,57)/t30-,37?,42?,48+/m0/s1. The van der Waals surface area contributed by atoms with Gasteiger partial charge in [-0.1, -0.05) is 36.4 Å². The van der Waals surface area contributed by atoms with Crippen molar-refractivity contribution in [3.63, 3.8) is 0 Å². The predicted octanol–water partition coefficient (Wildman–Crippen LogP) is 6.32. The van der Waals surface area contributed by atoms with E-state index in [1.807, 2.05) is 67.6 Å². The molecule has 0 radical (unpaired) electrons. The first-order chi connectivity index (χ1) is 30.0. The van der Waals surface area contributed by atoms with Crippen molar-refractivity contribution >= 4 is 47.0 Å². The van der Waals surface area contributed by atoms with Crippen LogP contribution in [0.5, 0.6) is 23.0 Å². The number of aldehydes is 1. The highest BCUT2D eigenvalue weighted by atomic mass is 16.5. The van der Waals surface area contributed by atoms with Crippen molar-refractivity contribution in [3.05, 3.63) is 124 Å². The van der Waals surface area contributed by atoms with Crippen molar-refractivity contribution in [1.29, 1.82) is 0 Å². The topological polar surface area (TPSA) is 163 Å². The average Bonchev–Trinajstić information content (AvgIpc) is 3.83. The van der Waals surface area contributed by atoms with Gasteiger partial charge in [-0.2, -0.15) is 0 Å². The molecule has 0 saturated heterocycles. The largest absolute Gasteiger partial charge is 0.493 e. The van der Waals surface area contributed by atoms with E-state index in [1.54, 1.807) is 44.2 Å². The average molecular weight is 843 g/mol. The molecule has 0 bridgehead atoms. The third-order valence-corrected chi connectivity index (χ3v) is 11.6. The van der Waals surface area contributed by atoms with Gasteiger partial charge in [0.15, 0.2) is 29.3 Å². The zero-order valence-corrected chi connectivity index (χ0v) is 35.9. The number of rotatable bonds is 19. The first-order valence-electron chi connectivity index (χ1n) is 20.6. The Kier molecular flexibility index (Phi) is 13.5.